The van der Waals surface area contributed by atoms with Gasteiger partial charge in [-0.1, -0.05) is 6.08 Å². The molecule has 0 aromatic carbocycles. The Labute approximate surface area is 85.1 Å². The van der Waals surface area contributed by atoms with Gasteiger partial charge in [0.05, 0.1) is 0 Å². The molecule has 2 rings (SSSR count). The number of Topliss-reactive ketones (excluding diaryl/α,β-unsaturated/α-hetero) is 1. The fourth-order valence-corrected chi connectivity index (χ4v) is 2.63. The smallest absolute Gasteiger partial charge is 0.133 e. The lowest BCUT2D eigenvalue weighted by Crippen LogP contribution is -2.22. The number of ketones is 1. The summed E-state index contributed by atoms with van der Waals surface area (Å²) in [5.74, 6) is 1.06. The summed E-state index contributed by atoms with van der Waals surface area (Å²) in [6, 6.07) is 0. The Morgan fingerprint density at radius 2 is 2.43 bits per heavy atom. The number of carbonyl (C=O) groups is 1. The second-order valence-electron chi connectivity index (χ2n) is 4.50. The quantitative estimate of drug-likeness (QED) is 0.617. The SMILES string of the molecule is C/C=C\N=C(C)C12CCC(=O)CC1C2. The summed E-state index contributed by atoms with van der Waals surface area (Å²) in [7, 11) is 0. The molecule has 0 bridgehead atoms. The van der Waals surface area contributed by atoms with Crippen molar-refractivity contribution in [3.8, 4) is 0 Å². The lowest BCUT2D eigenvalue weighted by atomic mass is 9.84. The standard InChI is InChI=1S/C12H17NO/c1-3-6-13-9(2)12-5-4-11(14)7-10(12)8-12/h3,6,10H,4-5,7-8H2,1-2H3/b6-3-,13-9?. The van der Waals surface area contributed by atoms with Gasteiger partial charge in [0.15, 0.2) is 0 Å². The third-order valence-corrected chi connectivity index (χ3v) is 3.69. The molecule has 76 valence electrons. The topological polar surface area (TPSA) is 29.4 Å². The van der Waals surface area contributed by atoms with Crippen molar-refractivity contribution in [2.45, 2.75) is 39.5 Å². The van der Waals surface area contributed by atoms with E-state index in [2.05, 4.69) is 11.9 Å². The number of rotatable bonds is 2. The molecule has 0 N–H and O–H groups in total. The number of hydrogen-bond acceptors (Lipinski definition) is 2. The Morgan fingerprint density at radius 3 is 3.07 bits per heavy atom. The van der Waals surface area contributed by atoms with Crippen LogP contribution in [0.15, 0.2) is 17.3 Å². The molecule has 2 nitrogen and oxygen atoms in total. The molecule has 0 amide bonds. The van der Waals surface area contributed by atoms with E-state index in [1.165, 1.54) is 12.1 Å². The van der Waals surface area contributed by atoms with Gasteiger partial charge in [-0.3, -0.25) is 9.79 Å². The summed E-state index contributed by atoms with van der Waals surface area (Å²) < 4.78 is 0. The van der Waals surface area contributed by atoms with Gasteiger partial charge in [0.25, 0.3) is 0 Å². The Balaban J connectivity index is 2.10. The molecule has 2 unspecified atom stereocenters. The van der Waals surface area contributed by atoms with Crippen LogP contribution in [0.4, 0.5) is 0 Å². The van der Waals surface area contributed by atoms with Gasteiger partial charge in [0.1, 0.15) is 5.78 Å². The molecule has 0 heterocycles. The largest absolute Gasteiger partial charge is 0.300 e. The summed E-state index contributed by atoms with van der Waals surface area (Å²) in [4.78, 5) is 15.7. The normalized spacial score (nSPS) is 37.4. The number of carbonyl (C=O) groups excluding carboxylic acids is 1. The van der Waals surface area contributed by atoms with Gasteiger partial charge in [-0.2, -0.15) is 0 Å². The van der Waals surface area contributed by atoms with E-state index in [0.717, 1.165) is 19.3 Å². The minimum Gasteiger partial charge on any atom is -0.300 e. The van der Waals surface area contributed by atoms with Crippen LogP contribution in [-0.4, -0.2) is 11.5 Å². The molecule has 2 saturated carbocycles. The maximum atomic E-state index is 11.2. The first-order valence-electron chi connectivity index (χ1n) is 5.37. The van der Waals surface area contributed by atoms with Gasteiger partial charge >= 0.3 is 0 Å². The zero-order valence-electron chi connectivity index (χ0n) is 8.92. The van der Waals surface area contributed by atoms with Crippen LogP contribution in [0.2, 0.25) is 0 Å². The van der Waals surface area contributed by atoms with E-state index in [1.807, 2.05) is 19.2 Å². The molecule has 0 aliphatic heterocycles. The molecule has 0 radical (unpaired) electrons. The summed E-state index contributed by atoms with van der Waals surface area (Å²) in [6.07, 6.45) is 7.58. The first-order chi connectivity index (χ1) is 6.69. The average Bonchev–Trinajstić information content (AvgIpc) is 2.88. The monoisotopic (exact) mass is 191 g/mol. The van der Waals surface area contributed by atoms with E-state index in [1.54, 1.807) is 0 Å². The molecule has 2 aliphatic rings. The Morgan fingerprint density at radius 1 is 1.64 bits per heavy atom. The molecule has 14 heavy (non-hydrogen) atoms. The van der Waals surface area contributed by atoms with Crippen LogP contribution in [0.5, 0.6) is 0 Å². The minimum absolute atomic E-state index is 0.313. The predicted molar refractivity (Wildman–Crippen MR) is 57.3 cm³/mol. The van der Waals surface area contributed by atoms with Gasteiger partial charge in [-0.15, -0.1) is 0 Å². The van der Waals surface area contributed by atoms with Crippen LogP contribution in [0.3, 0.4) is 0 Å². The van der Waals surface area contributed by atoms with Gasteiger partial charge in [0, 0.05) is 30.2 Å². The van der Waals surface area contributed by atoms with Crippen molar-refractivity contribution in [3.63, 3.8) is 0 Å². The van der Waals surface area contributed by atoms with Crippen LogP contribution in [-0.2, 0) is 4.79 Å². The van der Waals surface area contributed by atoms with Crippen LogP contribution >= 0.6 is 0 Å². The van der Waals surface area contributed by atoms with Gasteiger partial charge in [-0.05, 0) is 32.6 Å². The molecule has 2 heteroatoms. The summed E-state index contributed by atoms with van der Waals surface area (Å²) in [5, 5.41) is 0. The maximum Gasteiger partial charge on any atom is 0.133 e. The van der Waals surface area contributed by atoms with E-state index >= 15 is 0 Å². The number of fused-ring (bicyclic) bond motifs is 1. The highest BCUT2D eigenvalue weighted by atomic mass is 16.1. The lowest BCUT2D eigenvalue weighted by molar-refractivity contribution is -0.120. The third-order valence-electron chi connectivity index (χ3n) is 3.69. The highest BCUT2D eigenvalue weighted by Crippen LogP contribution is 2.61. The highest BCUT2D eigenvalue weighted by molar-refractivity contribution is 5.94. The zero-order chi connectivity index (χ0) is 10.2. The van der Waals surface area contributed by atoms with Gasteiger partial charge < -0.3 is 0 Å². The Kier molecular flexibility index (Phi) is 2.30. The number of aliphatic imine (C=N–C) groups is 1. The first kappa shape index (κ1) is 9.63. The molecule has 2 fully saturated rings. The molecule has 2 atom stereocenters. The van der Waals surface area contributed by atoms with E-state index in [4.69, 9.17) is 0 Å². The Hall–Kier alpha value is -0.920. The van der Waals surface area contributed by atoms with Crippen molar-refractivity contribution in [2.24, 2.45) is 16.3 Å². The number of nitrogens with zero attached hydrogens (tertiary/aromatic N) is 1. The molecular weight excluding hydrogens is 174 g/mol. The summed E-state index contributed by atoms with van der Waals surface area (Å²) in [6.45, 7) is 4.08. The second-order valence-corrected chi connectivity index (χ2v) is 4.50. The van der Waals surface area contributed by atoms with Crippen molar-refractivity contribution >= 4 is 11.5 Å². The summed E-state index contributed by atoms with van der Waals surface area (Å²) >= 11 is 0. The van der Waals surface area contributed by atoms with E-state index in [-0.39, 0.29) is 0 Å². The van der Waals surface area contributed by atoms with Crippen molar-refractivity contribution in [2.75, 3.05) is 0 Å². The molecule has 0 saturated heterocycles. The lowest BCUT2D eigenvalue weighted by Gasteiger charge is -2.20. The maximum absolute atomic E-state index is 11.2. The van der Waals surface area contributed by atoms with Crippen LogP contribution < -0.4 is 0 Å². The third kappa shape index (κ3) is 1.43. The van der Waals surface area contributed by atoms with Crippen LogP contribution in [0.1, 0.15) is 39.5 Å². The molecule has 0 aromatic rings. The molecular formula is C12H17NO. The van der Waals surface area contributed by atoms with Gasteiger partial charge in [-0.25, -0.2) is 0 Å². The van der Waals surface area contributed by atoms with Crippen LogP contribution in [0.25, 0.3) is 0 Å². The van der Waals surface area contributed by atoms with Crippen LogP contribution in [0, 0.1) is 11.3 Å². The second kappa shape index (κ2) is 3.34. The zero-order valence-corrected chi connectivity index (χ0v) is 8.92. The minimum atomic E-state index is 0.313. The average molecular weight is 191 g/mol. The molecule has 0 aromatic heterocycles. The predicted octanol–water partition coefficient (Wildman–Crippen LogP) is 2.74. The highest BCUT2D eigenvalue weighted by Gasteiger charge is 2.58. The fraction of sp³-hybridized carbons (Fsp3) is 0.667. The van der Waals surface area contributed by atoms with Crippen molar-refractivity contribution in [1.29, 1.82) is 0 Å². The number of hydrogen-bond donors (Lipinski definition) is 0. The van der Waals surface area contributed by atoms with Gasteiger partial charge in [0.2, 0.25) is 0 Å². The van der Waals surface area contributed by atoms with E-state index < -0.39 is 0 Å². The Bertz CT molecular complexity index is 316. The van der Waals surface area contributed by atoms with Crippen molar-refractivity contribution in [1.82, 2.24) is 0 Å². The van der Waals surface area contributed by atoms with Crippen molar-refractivity contribution < 1.29 is 4.79 Å². The molecule has 0 spiro atoms. The van der Waals surface area contributed by atoms with E-state index in [0.29, 0.717) is 17.1 Å². The van der Waals surface area contributed by atoms with E-state index in [9.17, 15) is 4.79 Å². The summed E-state index contributed by atoms with van der Waals surface area (Å²) in [5.41, 5.74) is 1.54. The first-order valence-corrected chi connectivity index (χ1v) is 5.37. The van der Waals surface area contributed by atoms with Crippen molar-refractivity contribution in [3.05, 3.63) is 12.3 Å². The molecule has 2 aliphatic carbocycles. The number of allylic oxidation sites excluding steroid dienone is 1. The fourth-order valence-electron chi connectivity index (χ4n) is 2.63.